The molecule has 0 aliphatic carbocycles. The summed E-state index contributed by atoms with van der Waals surface area (Å²) in [6, 6.07) is 12.0. The summed E-state index contributed by atoms with van der Waals surface area (Å²) in [6.07, 6.45) is 1.90. The van der Waals surface area contributed by atoms with Gasteiger partial charge in [-0.15, -0.1) is 11.8 Å². The Morgan fingerprint density at radius 2 is 1.96 bits per heavy atom. The van der Waals surface area contributed by atoms with Gasteiger partial charge in [0.15, 0.2) is 6.61 Å². The molecule has 1 heterocycles. The van der Waals surface area contributed by atoms with Gasteiger partial charge in [0.1, 0.15) is 0 Å². The number of anilines is 1. The van der Waals surface area contributed by atoms with E-state index in [0.29, 0.717) is 6.54 Å². The van der Waals surface area contributed by atoms with Gasteiger partial charge < -0.3 is 9.64 Å². The number of hydrogen-bond donors (Lipinski definition) is 0. The van der Waals surface area contributed by atoms with Crippen LogP contribution in [-0.2, 0) is 20.7 Å². The molecule has 1 amide bonds. The van der Waals surface area contributed by atoms with Crippen LogP contribution < -0.4 is 4.90 Å². The van der Waals surface area contributed by atoms with E-state index < -0.39 is 0 Å². The molecule has 1 aliphatic rings. The number of nitrogens with zero attached hydrogens (tertiary/aromatic N) is 1. The minimum Gasteiger partial charge on any atom is -0.455 e. The highest BCUT2D eigenvalue weighted by molar-refractivity contribution is 9.10. The normalized spacial score (nSPS) is 13.2. The van der Waals surface area contributed by atoms with Crippen LogP contribution in [0.2, 0.25) is 0 Å². The number of thioether (sulfide) groups is 1. The lowest BCUT2D eigenvalue weighted by Crippen LogP contribution is -2.38. The molecule has 0 saturated heterocycles. The van der Waals surface area contributed by atoms with Crippen LogP contribution in [-0.4, -0.2) is 30.8 Å². The van der Waals surface area contributed by atoms with E-state index in [4.69, 9.17) is 4.74 Å². The van der Waals surface area contributed by atoms with E-state index in [1.807, 2.05) is 50.2 Å². The molecule has 4 nitrogen and oxygen atoms in total. The SMILES string of the molecule is Cc1cc(SCC(=O)OCC(=O)N2CCCc3ccccc32)c(C)cc1Br. The number of fused-ring (bicyclic) bond motifs is 1. The van der Waals surface area contributed by atoms with E-state index in [-0.39, 0.29) is 24.2 Å². The lowest BCUT2D eigenvalue weighted by molar-refractivity contribution is -0.145. The number of aryl methyl sites for hydroxylation is 3. The molecule has 0 atom stereocenters. The van der Waals surface area contributed by atoms with Crippen molar-refractivity contribution in [2.24, 2.45) is 0 Å². The summed E-state index contributed by atoms with van der Waals surface area (Å²) in [7, 11) is 0. The van der Waals surface area contributed by atoms with Gasteiger partial charge in [-0.3, -0.25) is 9.59 Å². The van der Waals surface area contributed by atoms with Crippen LogP contribution in [0.3, 0.4) is 0 Å². The third-order valence-electron chi connectivity index (χ3n) is 4.57. The zero-order valence-electron chi connectivity index (χ0n) is 15.5. The summed E-state index contributed by atoms with van der Waals surface area (Å²) < 4.78 is 6.28. The van der Waals surface area contributed by atoms with Crippen molar-refractivity contribution in [3.8, 4) is 0 Å². The van der Waals surface area contributed by atoms with Gasteiger partial charge >= 0.3 is 5.97 Å². The van der Waals surface area contributed by atoms with Crippen molar-refractivity contribution < 1.29 is 14.3 Å². The lowest BCUT2D eigenvalue weighted by atomic mass is 10.0. The number of amides is 1. The first-order chi connectivity index (χ1) is 13.0. The number of halogens is 1. The average Bonchev–Trinajstić information content (AvgIpc) is 2.67. The molecular weight excluding hydrogens is 426 g/mol. The third kappa shape index (κ3) is 4.93. The zero-order chi connectivity index (χ0) is 19.4. The van der Waals surface area contributed by atoms with Crippen molar-refractivity contribution in [3.05, 3.63) is 57.6 Å². The highest BCUT2D eigenvalue weighted by atomic mass is 79.9. The molecule has 1 aliphatic heterocycles. The molecule has 2 aromatic carbocycles. The maximum absolute atomic E-state index is 12.5. The molecule has 0 saturated carbocycles. The van der Waals surface area contributed by atoms with E-state index in [1.54, 1.807) is 4.90 Å². The van der Waals surface area contributed by atoms with Crippen LogP contribution in [0.15, 0.2) is 45.8 Å². The number of benzene rings is 2. The Bertz CT molecular complexity index is 869. The number of carbonyl (C=O) groups excluding carboxylic acids is 2. The fourth-order valence-electron chi connectivity index (χ4n) is 3.10. The molecule has 0 fully saturated rings. The number of hydrogen-bond acceptors (Lipinski definition) is 4. The fourth-order valence-corrected chi connectivity index (χ4v) is 4.46. The van der Waals surface area contributed by atoms with Crippen LogP contribution in [0.1, 0.15) is 23.1 Å². The molecule has 0 bridgehead atoms. The highest BCUT2D eigenvalue weighted by Crippen LogP contribution is 2.29. The average molecular weight is 448 g/mol. The summed E-state index contributed by atoms with van der Waals surface area (Å²) in [5, 5.41) is 0. The van der Waals surface area contributed by atoms with Crippen molar-refractivity contribution in [1.29, 1.82) is 0 Å². The molecule has 6 heteroatoms. The highest BCUT2D eigenvalue weighted by Gasteiger charge is 2.23. The van der Waals surface area contributed by atoms with Gasteiger partial charge in [-0.25, -0.2) is 0 Å². The predicted octanol–water partition coefficient (Wildman–Crippen LogP) is 4.68. The van der Waals surface area contributed by atoms with Crippen LogP contribution >= 0.6 is 27.7 Å². The standard InChI is InChI=1S/C21H22BrNO3S/c1-14-11-19(15(2)10-17(14)22)27-13-21(25)26-12-20(24)23-9-5-7-16-6-3-4-8-18(16)23/h3-4,6,8,10-11H,5,7,9,12-13H2,1-2H3. The Balaban J connectivity index is 1.53. The Morgan fingerprint density at radius 1 is 1.19 bits per heavy atom. The van der Waals surface area contributed by atoms with E-state index in [1.165, 1.54) is 17.3 Å². The van der Waals surface area contributed by atoms with Gasteiger partial charge in [0, 0.05) is 21.6 Å². The van der Waals surface area contributed by atoms with Gasteiger partial charge in [-0.05, 0) is 61.6 Å². The number of esters is 1. The Morgan fingerprint density at radius 3 is 2.78 bits per heavy atom. The minimum absolute atomic E-state index is 0.170. The summed E-state index contributed by atoms with van der Waals surface area (Å²) in [4.78, 5) is 27.4. The van der Waals surface area contributed by atoms with Crippen molar-refractivity contribution in [1.82, 2.24) is 0 Å². The molecule has 0 N–H and O–H groups in total. The van der Waals surface area contributed by atoms with Crippen LogP contribution in [0.5, 0.6) is 0 Å². The van der Waals surface area contributed by atoms with Crippen molar-refractivity contribution in [2.45, 2.75) is 31.6 Å². The largest absolute Gasteiger partial charge is 0.455 e. The number of rotatable bonds is 5. The second-order valence-corrected chi connectivity index (χ2v) is 8.47. The molecule has 27 heavy (non-hydrogen) atoms. The van der Waals surface area contributed by atoms with Crippen LogP contribution in [0.25, 0.3) is 0 Å². The lowest BCUT2D eigenvalue weighted by Gasteiger charge is -2.29. The Kier molecular flexibility index (Phi) is 6.60. The second-order valence-electron chi connectivity index (χ2n) is 6.59. The molecular formula is C21H22BrNO3S. The van der Waals surface area contributed by atoms with Gasteiger partial charge in [-0.2, -0.15) is 0 Å². The number of para-hydroxylation sites is 1. The van der Waals surface area contributed by atoms with E-state index in [9.17, 15) is 9.59 Å². The maximum Gasteiger partial charge on any atom is 0.316 e. The van der Waals surface area contributed by atoms with Crippen LogP contribution in [0, 0.1) is 13.8 Å². The molecule has 0 unspecified atom stereocenters. The summed E-state index contributed by atoms with van der Waals surface area (Å²) in [5.41, 5.74) is 4.32. The number of carbonyl (C=O) groups is 2. The first kappa shape index (κ1) is 20.0. The molecule has 3 rings (SSSR count). The maximum atomic E-state index is 12.5. The molecule has 2 aromatic rings. The number of ether oxygens (including phenoxy) is 1. The van der Waals surface area contributed by atoms with Gasteiger partial charge in [0.2, 0.25) is 0 Å². The molecule has 0 radical (unpaired) electrons. The van der Waals surface area contributed by atoms with Gasteiger partial charge in [-0.1, -0.05) is 34.1 Å². The van der Waals surface area contributed by atoms with Crippen molar-refractivity contribution in [2.75, 3.05) is 23.8 Å². The quantitative estimate of drug-likeness (QED) is 0.492. The van der Waals surface area contributed by atoms with Crippen LogP contribution in [0.4, 0.5) is 5.69 Å². The first-order valence-electron chi connectivity index (χ1n) is 8.89. The molecule has 142 valence electrons. The summed E-state index contributed by atoms with van der Waals surface area (Å²) >= 11 is 4.94. The first-order valence-corrected chi connectivity index (χ1v) is 10.7. The van der Waals surface area contributed by atoms with Gasteiger partial charge in [0.05, 0.1) is 5.75 Å². The zero-order valence-corrected chi connectivity index (χ0v) is 17.9. The van der Waals surface area contributed by atoms with E-state index in [2.05, 4.69) is 15.9 Å². The topological polar surface area (TPSA) is 46.6 Å². The smallest absolute Gasteiger partial charge is 0.316 e. The molecule has 0 spiro atoms. The Labute approximate surface area is 172 Å². The van der Waals surface area contributed by atoms with Crippen molar-refractivity contribution >= 4 is 45.3 Å². The van der Waals surface area contributed by atoms with E-state index in [0.717, 1.165) is 39.0 Å². The monoisotopic (exact) mass is 447 g/mol. The summed E-state index contributed by atoms with van der Waals surface area (Å²) in [5.74, 6) is -0.360. The minimum atomic E-state index is -0.376. The van der Waals surface area contributed by atoms with Gasteiger partial charge in [0.25, 0.3) is 5.91 Å². The van der Waals surface area contributed by atoms with Crippen molar-refractivity contribution in [3.63, 3.8) is 0 Å². The Hall–Kier alpha value is -1.79. The summed E-state index contributed by atoms with van der Waals surface area (Å²) in [6.45, 7) is 4.47. The van der Waals surface area contributed by atoms with E-state index >= 15 is 0 Å². The molecule has 0 aromatic heterocycles. The fraction of sp³-hybridized carbons (Fsp3) is 0.333. The third-order valence-corrected chi connectivity index (χ3v) is 6.55. The second kappa shape index (κ2) is 8.93. The predicted molar refractivity (Wildman–Crippen MR) is 112 cm³/mol.